The first-order valence-electron chi connectivity index (χ1n) is 8.38. The molecule has 0 unspecified atom stereocenters. The Morgan fingerprint density at radius 1 is 1.19 bits per heavy atom. The van der Waals surface area contributed by atoms with Gasteiger partial charge in [-0.3, -0.25) is 9.59 Å². The van der Waals surface area contributed by atoms with E-state index in [1.807, 2.05) is 11.4 Å². The van der Waals surface area contributed by atoms with Gasteiger partial charge in [0.15, 0.2) is 15.9 Å². The van der Waals surface area contributed by atoms with Crippen molar-refractivity contribution in [2.24, 2.45) is 0 Å². The van der Waals surface area contributed by atoms with Crippen molar-refractivity contribution in [3.05, 3.63) is 40.4 Å². The summed E-state index contributed by atoms with van der Waals surface area (Å²) in [5.41, 5.74) is 1.47. The maximum absolute atomic E-state index is 11.9. The maximum atomic E-state index is 11.9. The molecule has 1 aliphatic rings. The van der Waals surface area contributed by atoms with Crippen molar-refractivity contribution in [2.45, 2.75) is 41.5 Å². The van der Waals surface area contributed by atoms with Gasteiger partial charge in [-0.05, 0) is 32.0 Å². The molecule has 0 amide bonds. The van der Waals surface area contributed by atoms with E-state index >= 15 is 0 Å². The van der Waals surface area contributed by atoms with Crippen molar-refractivity contribution in [1.82, 2.24) is 4.98 Å². The molecule has 0 aliphatic carbocycles. The third kappa shape index (κ3) is 3.91. The largest absolute Gasteiger partial charge is 0.381 e. The van der Waals surface area contributed by atoms with Crippen LogP contribution in [0.4, 0.5) is 0 Å². The Morgan fingerprint density at radius 3 is 2.50 bits per heavy atom. The van der Waals surface area contributed by atoms with Crippen LogP contribution in [0, 0.1) is 0 Å². The average molecular weight is 392 g/mol. The van der Waals surface area contributed by atoms with Crippen LogP contribution in [0.2, 0.25) is 0 Å². The van der Waals surface area contributed by atoms with Gasteiger partial charge in [0.2, 0.25) is 0 Å². The lowest BCUT2D eigenvalue weighted by Crippen LogP contribution is -2.35. The van der Waals surface area contributed by atoms with Crippen LogP contribution in [0.3, 0.4) is 0 Å². The Morgan fingerprint density at radius 2 is 1.88 bits per heavy atom. The van der Waals surface area contributed by atoms with Crippen molar-refractivity contribution < 1.29 is 19.1 Å². The van der Waals surface area contributed by atoms with E-state index in [0.717, 1.165) is 27.8 Å². The predicted molar refractivity (Wildman–Crippen MR) is 101 cm³/mol. The highest BCUT2D eigenvalue weighted by molar-refractivity contribution is 8.01. The van der Waals surface area contributed by atoms with Crippen LogP contribution < -0.4 is 0 Å². The molecule has 1 aromatic carbocycles. The van der Waals surface area contributed by atoms with Gasteiger partial charge in [0.1, 0.15) is 5.60 Å². The number of benzene rings is 1. The minimum absolute atomic E-state index is 0.107. The first-order valence-corrected chi connectivity index (χ1v) is 10.1. The van der Waals surface area contributed by atoms with E-state index in [4.69, 9.17) is 14.5 Å². The minimum Gasteiger partial charge on any atom is -0.381 e. The van der Waals surface area contributed by atoms with Crippen molar-refractivity contribution in [3.8, 4) is 0 Å². The van der Waals surface area contributed by atoms with Gasteiger partial charge in [-0.2, -0.15) is 0 Å². The Kier molecular flexibility index (Phi) is 5.92. The minimum atomic E-state index is -0.378. The van der Waals surface area contributed by atoms with E-state index in [1.165, 1.54) is 25.6 Å². The third-order valence-corrected chi connectivity index (χ3v) is 6.52. The normalized spacial score (nSPS) is 16.4. The van der Waals surface area contributed by atoms with E-state index in [9.17, 15) is 9.59 Å². The molecule has 1 aromatic heterocycles. The molecule has 0 spiro atoms. The topological polar surface area (TPSA) is 65.5 Å². The average Bonchev–Trinajstić information content (AvgIpc) is 3.11. The molecule has 0 radical (unpaired) electrons. The molecule has 2 heterocycles. The van der Waals surface area contributed by atoms with E-state index in [2.05, 4.69) is 0 Å². The molecule has 3 rings (SSSR count). The molecule has 26 heavy (non-hydrogen) atoms. The summed E-state index contributed by atoms with van der Waals surface area (Å²) >= 11 is 3.05. The van der Waals surface area contributed by atoms with Gasteiger partial charge < -0.3 is 9.47 Å². The lowest BCUT2D eigenvalue weighted by atomic mass is 9.91. The molecule has 5 nitrogen and oxygen atoms in total. The summed E-state index contributed by atoms with van der Waals surface area (Å²) in [7, 11) is 1.72. The van der Waals surface area contributed by atoms with Crippen LogP contribution in [0.15, 0.2) is 32.8 Å². The van der Waals surface area contributed by atoms with Gasteiger partial charge in [0, 0.05) is 54.6 Å². The highest BCUT2D eigenvalue weighted by Crippen LogP contribution is 2.39. The number of carbonyl (C=O) groups is 2. The van der Waals surface area contributed by atoms with Crippen LogP contribution >= 0.6 is 23.1 Å². The molecule has 0 saturated carbocycles. The Labute approximate surface area is 161 Å². The number of thiazole rings is 1. The second-order valence-electron chi connectivity index (χ2n) is 6.23. The number of aromatic nitrogens is 1. The van der Waals surface area contributed by atoms with E-state index in [1.54, 1.807) is 30.6 Å². The highest BCUT2D eigenvalue weighted by Gasteiger charge is 2.36. The fourth-order valence-electron chi connectivity index (χ4n) is 3.07. The zero-order valence-electron chi connectivity index (χ0n) is 15.0. The summed E-state index contributed by atoms with van der Waals surface area (Å²) in [6, 6.07) is 5.34. The molecule has 0 atom stereocenters. The number of ether oxygens (including phenoxy) is 2. The molecule has 1 saturated heterocycles. The SMILES string of the molecule is COC1(c2csc(Sc3ccc(C(C)=O)c(C(C)=O)c3)n2)CCOCC1. The summed E-state index contributed by atoms with van der Waals surface area (Å²) in [4.78, 5) is 29.2. The fourth-order valence-corrected chi connectivity index (χ4v) is 4.98. The summed E-state index contributed by atoms with van der Waals surface area (Å²) in [6.45, 7) is 4.29. The fraction of sp³-hybridized carbons (Fsp3) is 0.421. The van der Waals surface area contributed by atoms with Gasteiger partial charge in [0.25, 0.3) is 0 Å². The van der Waals surface area contributed by atoms with E-state index in [0.29, 0.717) is 24.3 Å². The number of hydrogen-bond donors (Lipinski definition) is 0. The van der Waals surface area contributed by atoms with Gasteiger partial charge in [-0.25, -0.2) is 4.98 Å². The number of Topliss-reactive ketones (excluding diaryl/α,β-unsaturated/α-hetero) is 2. The number of nitrogens with zero attached hydrogens (tertiary/aromatic N) is 1. The number of methoxy groups -OCH3 is 1. The smallest absolute Gasteiger partial charge is 0.160 e. The quantitative estimate of drug-likeness (QED) is 0.682. The Bertz CT molecular complexity index is 825. The molecular weight excluding hydrogens is 370 g/mol. The highest BCUT2D eigenvalue weighted by atomic mass is 32.2. The molecule has 0 N–H and O–H groups in total. The maximum Gasteiger partial charge on any atom is 0.160 e. The lowest BCUT2D eigenvalue weighted by Gasteiger charge is -2.34. The lowest BCUT2D eigenvalue weighted by molar-refractivity contribution is -0.0971. The Hall–Kier alpha value is -1.54. The van der Waals surface area contributed by atoms with Crippen molar-refractivity contribution >= 4 is 34.7 Å². The number of ketones is 2. The number of hydrogen-bond acceptors (Lipinski definition) is 7. The number of rotatable bonds is 6. The summed E-state index contributed by atoms with van der Waals surface area (Å²) in [5.74, 6) is -0.220. The van der Waals surface area contributed by atoms with Crippen LogP contribution in [-0.4, -0.2) is 36.9 Å². The second-order valence-corrected chi connectivity index (χ2v) is 8.41. The molecule has 2 aromatic rings. The van der Waals surface area contributed by atoms with E-state index in [-0.39, 0.29) is 17.2 Å². The van der Waals surface area contributed by atoms with Crippen molar-refractivity contribution in [1.29, 1.82) is 0 Å². The van der Waals surface area contributed by atoms with Crippen LogP contribution in [0.5, 0.6) is 0 Å². The van der Waals surface area contributed by atoms with Gasteiger partial charge in [-0.15, -0.1) is 11.3 Å². The zero-order valence-corrected chi connectivity index (χ0v) is 16.7. The zero-order chi connectivity index (χ0) is 18.7. The Balaban J connectivity index is 1.84. The molecule has 1 fully saturated rings. The van der Waals surface area contributed by atoms with Gasteiger partial charge in [-0.1, -0.05) is 11.8 Å². The van der Waals surface area contributed by atoms with Crippen molar-refractivity contribution in [2.75, 3.05) is 20.3 Å². The van der Waals surface area contributed by atoms with Crippen LogP contribution in [0.1, 0.15) is 53.1 Å². The van der Waals surface area contributed by atoms with Crippen LogP contribution in [-0.2, 0) is 15.1 Å². The summed E-state index contributed by atoms with van der Waals surface area (Å²) in [6.07, 6.45) is 1.58. The molecular formula is C19H21NO4S2. The monoisotopic (exact) mass is 391 g/mol. The van der Waals surface area contributed by atoms with Gasteiger partial charge >= 0.3 is 0 Å². The standard InChI is InChI=1S/C19H21NO4S2/c1-12(21)15-5-4-14(10-16(15)13(2)22)26-18-20-17(11-25-18)19(23-3)6-8-24-9-7-19/h4-5,10-11H,6-9H2,1-3H3. The molecule has 1 aliphatic heterocycles. The molecule has 7 heteroatoms. The van der Waals surface area contributed by atoms with Crippen LogP contribution in [0.25, 0.3) is 0 Å². The van der Waals surface area contributed by atoms with Gasteiger partial charge in [0.05, 0.1) is 5.69 Å². The first kappa shape index (κ1) is 19.2. The summed E-state index contributed by atoms with van der Waals surface area (Å²) < 4.78 is 12.1. The first-order chi connectivity index (χ1) is 12.4. The second kappa shape index (κ2) is 8.00. The molecule has 0 bridgehead atoms. The molecule has 138 valence electrons. The van der Waals surface area contributed by atoms with Crippen molar-refractivity contribution in [3.63, 3.8) is 0 Å². The third-order valence-electron chi connectivity index (χ3n) is 4.60. The predicted octanol–water partition coefficient (Wildman–Crippen LogP) is 4.35. The van der Waals surface area contributed by atoms with E-state index < -0.39 is 0 Å². The number of carbonyl (C=O) groups excluding carboxylic acids is 2. The summed E-state index contributed by atoms with van der Waals surface area (Å²) in [5, 5.41) is 2.03.